The first-order valence-electron chi connectivity index (χ1n) is 5.37. The minimum atomic E-state index is -4.32. The molecule has 0 aliphatic heterocycles. The van der Waals surface area contributed by atoms with Crippen molar-refractivity contribution in [3.63, 3.8) is 0 Å². The number of anilines is 1. The van der Waals surface area contributed by atoms with E-state index in [0.29, 0.717) is 21.5 Å². The van der Waals surface area contributed by atoms with Gasteiger partial charge in [-0.3, -0.25) is 4.21 Å². The van der Waals surface area contributed by atoms with Crippen LogP contribution in [0.25, 0.3) is 0 Å². The van der Waals surface area contributed by atoms with Crippen molar-refractivity contribution in [3.05, 3.63) is 22.7 Å². The Morgan fingerprint density at radius 1 is 1.37 bits per heavy atom. The number of benzene rings is 1. The lowest BCUT2D eigenvalue weighted by atomic mass is 10.3. The molecule has 0 aliphatic carbocycles. The summed E-state index contributed by atoms with van der Waals surface area (Å²) >= 11 is 3.24. The lowest BCUT2D eigenvalue weighted by Crippen LogP contribution is -2.18. The van der Waals surface area contributed by atoms with Gasteiger partial charge in [-0.1, -0.05) is 0 Å². The first kappa shape index (κ1) is 16.5. The lowest BCUT2D eigenvalue weighted by Gasteiger charge is -2.08. The average molecular weight is 360 g/mol. The smallest absolute Gasteiger partial charge is 0.399 e. The molecule has 2 N–H and O–H groups in total. The van der Waals surface area contributed by atoms with E-state index in [2.05, 4.69) is 20.7 Å². The highest BCUT2D eigenvalue weighted by atomic mass is 79.9. The molecule has 0 fully saturated rings. The fourth-order valence-electron chi connectivity index (χ4n) is 1.29. The third kappa shape index (κ3) is 6.40. The second-order valence-corrected chi connectivity index (χ2v) is 6.15. The average Bonchev–Trinajstić information content (AvgIpc) is 2.26. The van der Waals surface area contributed by atoms with E-state index in [9.17, 15) is 17.4 Å². The van der Waals surface area contributed by atoms with Crippen LogP contribution in [0.5, 0.6) is 0 Å². The van der Waals surface area contributed by atoms with E-state index < -0.39 is 23.6 Å². The minimum Gasteiger partial charge on any atom is -0.399 e. The van der Waals surface area contributed by atoms with Crippen LogP contribution in [0.15, 0.2) is 27.6 Å². The monoisotopic (exact) mass is 359 g/mol. The normalized spacial score (nSPS) is 13.5. The van der Waals surface area contributed by atoms with Gasteiger partial charge in [-0.05, 0) is 40.5 Å². The zero-order chi connectivity index (χ0) is 14.5. The lowest BCUT2D eigenvalue weighted by molar-refractivity contribution is -0.173. The summed E-state index contributed by atoms with van der Waals surface area (Å²) in [7, 11) is -1.29. The number of nitrogens with two attached hydrogens (primary N) is 1. The van der Waals surface area contributed by atoms with Gasteiger partial charge in [-0.2, -0.15) is 13.2 Å². The highest BCUT2D eigenvalue weighted by molar-refractivity contribution is 9.10. The van der Waals surface area contributed by atoms with Crippen LogP contribution in [-0.4, -0.2) is 29.4 Å². The topological polar surface area (TPSA) is 52.3 Å². The molecule has 3 nitrogen and oxygen atoms in total. The Bertz CT molecular complexity index is 454. The predicted molar refractivity (Wildman–Crippen MR) is 71.3 cm³/mol. The van der Waals surface area contributed by atoms with Gasteiger partial charge in [0.05, 0.1) is 15.7 Å². The van der Waals surface area contributed by atoms with Crippen molar-refractivity contribution in [1.82, 2.24) is 0 Å². The number of hydrogen-bond donors (Lipinski definition) is 1. The SMILES string of the molecule is Nc1ccc(S(=O)CCCOCC(F)(F)F)c(Br)c1. The molecule has 19 heavy (non-hydrogen) atoms. The van der Waals surface area contributed by atoms with Gasteiger partial charge in [-0.25, -0.2) is 0 Å². The summed E-state index contributed by atoms with van der Waals surface area (Å²) in [5.74, 6) is 0.236. The molecule has 0 aliphatic rings. The van der Waals surface area contributed by atoms with Crippen molar-refractivity contribution < 1.29 is 22.1 Å². The van der Waals surface area contributed by atoms with E-state index in [-0.39, 0.29) is 12.4 Å². The van der Waals surface area contributed by atoms with Crippen molar-refractivity contribution in [2.75, 3.05) is 24.7 Å². The largest absolute Gasteiger partial charge is 0.411 e. The Morgan fingerprint density at radius 2 is 2.05 bits per heavy atom. The summed E-state index contributed by atoms with van der Waals surface area (Å²) in [6.45, 7) is -1.34. The highest BCUT2D eigenvalue weighted by Gasteiger charge is 2.27. The molecule has 1 aromatic carbocycles. The summed E-state index contributed by atoms with van der Waals surface area (Å²) in [5.41, 5.74) is 6.10. The molecule has 0 aromatic heterocycles. The van der Waals surface area contributed by atoms with Crippen molar-refractivity contribution in [1.29, 1.82) is 0 Å². The van der Waals surface area contributed by atoms with E-state index in [1.54, 1.807) is 18.2 Å². The standard InChI is InChI=1S/C11H13BrF3NO2S/c12-9-6-8(16)2-3-10(9)19(17)5-1-4-18-7-11(13,14)15/h2-3,6H,1,4-5,7,16H2. The second kappa shape index (κ2) is 7.25. The molecule has 1 atom stereocenters. The van der Waals surface area contributed by atoms with E-state index in [1.807, 2.05) is 0 Å². The van der Waals surface area contributed by atoms with Crippen molar-refractivity contribution in [3.8, 4) is 0 Å². The molecule has 1 rings (SSSR count). The molecule has 0 spiro atoms. The highest BCUT2D eigenvalue weighted by Crippen LogP contribution is 2.23. The van der Waals surface area contributed by atoms with Crippen molar-refractivity contribution in [2.45, 2.75) is 17.5 Å². The van der Waals surface area contributed by atoms with Crippen LogP contribution in [0.3, 0.4) is 0 Å². The van der Waals surface area contributed by atoms with E-state index >= 15 is 0 Å². The van der Waals surface area contributed by atoms with E-state index in [0.717, 1.165) is 0 Å². The third-order valence-corrected chi connectivity index (χ3v) is 4.51. The molecule has 0 radical (unpaired) electrons. The van der Waals surface area contributed by atoms with Gasteiger partial charge in [0.1, 0.15) is 6.61 Å². The van der Waals surface area contributed by atoms with Gasteiger partial charge < -0.3 is 10.5 Å². The maximum atomic E-state index is 11.9. The molecule has 0 saturated heterocycles. The second-order valence-electron chi connectivity index (χ2n) is 3.76. The van der Waals surface area contributed by atoms with Crippen LogP contribution in [0.1, 0.15) is 6.42 Å². The number of ether oxygens (including phenoxy) is 1. The van der Waals surface area contributed by atoms with E-state index in [4.69, 9.17) is 5.73 Å². The molecule has 0 saturated carbocycles. The zero-order valence-electron chi connectivity index (χ0n) is 9.87. The van der Waals surface area contributed by atoms with Gasteiger partial charge >= 0.3 is 6.18 Å². The zero-order valence-corrected chi connectivity index (χ0v) is 12.3. The molecule has 0 heterocycles. The molecule has 8 heteroatoms. The van der Waals surface area contributed by atoms with Crippen molar-refractivity contribution >= 4 is 32.4 Å². The summed E-state index contributed by atoms with van der Waals surface area (Å²) in [5, 5.41) is 0. The van der Waals surface area contributed by atoms with Gasteiger partial charge in [-0.15, -0.1) is 0 Å². The maximum absolute atomic E-state index is 11.9. The first-order valence-corrected chi connectivity index (χ1v) is 7.48. The van der Waals surface area contributed by atoms with Crippen LogP contribution in [0.2, 0.25) is 0 Å². The predicted octanol–water partition coefficient (Wildman–Crippen LogP) is 3.11. The Kier molecular flexibility index (Phi) is 6.28. The fraction of sp³-hybridized carbons (Fsp3) is 0.455. The fourth-order valence-corrected chi connectivity index (χ4v) is 3.33. The molecular weight excluding hydrogens is 347 g/mol. The minimum absolute atomic E-state index is 0.0716. The number of halogens is 4. The van der Waals surface area contributed by atoms with Crippen LogP contribution in [0, 0.1) is 0 Å². The van der Waals surface area contributed by atoms with Crippen LogP contribution < -0.4 is 5.73 Å². The quantitative estimate of drug-likeness (QED) is 0.627. The van der Waals surface area contributed by atoms with Gasteiger partial charge in [0.25, 0.3) is 0 Å². The number of nitrogen functional groups attached to an aromatic ring is 1. The van der Waals surface area contributed by atoms with Crippen LogP contribution in [0.4, 0.5) is 18.9 Å². The molecule has 1 aromatic rings. The first-order chi connectivity index (χ1) is 8.79. The molecule has 1 unspecified atom stereocenters. The Balaban J connectivity index is 2.36. The molecule has 108 valence electrons. The van der Waals surface area contributed by atoms with Gasteiger partial charge in [0.15, 0.2) is 0 Å². The third-order valence-electron chi connectivity index (χ3n) is 2.09. The summed E-state index contributed by atoms with van der Waals surface area (Å²) in [4.78, 5) is 0.574. The number of hydrogen-bond acceptors (Lipinski definition) is 3. The molecular formula is C11H13BrF3NO2S. The van der Waals surface area contributed by atoms with Gasteiger partial charge in [0.2, 0.25) is 0 Å². The number of rotatable bonds is 6. The van der Waals surface area contributed by atoms with Crippen LogP contribution in [-0.2, 0) is 15.5 Å². The molecule has 0 bridgehead atoms. The Labute approximate surface area is 119 Å². The Morgan fingerprint density at radius 3 is 2.63 bits per heavy atom. The maximum Gasteiger partial charge on any atom is 0.411 e. The van der Waals surface area contributed by atoms with Crippen molar-refractivity contribution in [2.24, 2.45) is 0 Å². The van der Waals surface area contributed by atoms with Gasteiger partial charge in [0, 0.05) is 22.5 Å². The summed E-state index contributed by atoms with van der Waals surface area (Å²) < 4.78 is 52.4. The summed E-state index contributed by atoms with van der Waals surface area (Å²) in [6.07, 6.45) is -4.03. The summed E-state index contributed by atoms with van der Waals surface area (Å²) in [6, 6.07) is 4.89. The molecule has 0 amide bonds. The number of alkyl halides is 3. The Hall–Kier alpha value is -0.600. The van der Waals surface area contributed by atoms with E-state index in [1.165, 1.54) is 0 Å². The van der Waals surface area contributed by atoms with Crippen LogP contribution >= 0.6 is 15.9 Å².